The third-order valence-electron chi connectivity index (χ3n) is 6.48. The Labute approximate surface area is 207 Å². The van der Waals surface area contributed by atoms with E-state index < -0.39 is 23.5 Å². The van der Waals surface area contributed by atoms with Crippen LogP contribution in [-0.4, -0.2) is 36.7 Å². The largest absolute Gasteiger partial charge is 0.416 e. The van der Waals surface area contributed by atoms with Crippen LogP contribution >= 0.6 is 0 Å². The first-order valence-corrected chi connectivity index (χ1v) is 12.2. The highest BCUT2D eigenvalue weighted by Crippen LogP contribution is 2.36. The summed E-state index contributed by atoms with van der Waals surface area (Å²) in [7, 11) is 0. The Morgan fingerprint density at radius 3 is 2.36 bits per heavy atom. The smallest absolute Gasteiger partial charge is 0.319 e. The van der Waals surface area contributed by atoms with E-state index in [1.54, 1.807) is 0 Å². The van der Waals surface area contributed by atoms with Gasteiger partial charge < -0.3 is 5.43 Å². The predicted molar refractivity (Wildman–Crippen MR) is 130 cm³/mol. The van der Waals surface area contributed by atoms with Crippen molar-refractivity contribution in [3.8, 4) is 0 Å². The highest BCUT2D eigenvalue weighted by molar-refractivity contribution is 6.04. The van der Waals surface area contributed by atoms with E-state index in [0.717, 1.165) is 31.8 Å². The van der Waals surface area contributed by atoms with E-state index in [9.17, 15) is 26.3 Å². The predicted octanol–water partition coefficient (Wildman–Crippen LogP) is 7.04. The second-order valence-corrected chi connectivity index (χ2v) is 9.27. The average Bonchev–Trinajstić information content (AvgIpc) is 3.04. The summed E-state index contributed by atoms with van der Waals surface area (Å²) in [6.45, 7) is 8.35. The van der Waals surface area contributed by atoms with E-state index in [-0.39, 0.29) is 29.9 Å². The molecule has 4 nitrogen and oxygen atoms in total. The van der Waals surface area contributed by atoms with Crippen LogP contribution < -0.4 is 5.43 Å². The molecule has 1 fully saturated rings. The Hall–Kier alpha value is -2.62. The van der Waals surface area contributed by atoms with Crippen molar-refractivity contribution in [1.82, 2.24) is 10.4 Å². The average molecular weight is 515 g/mol. The molecule has 0 aromatic heterocycles. The van der Waals surface area contributed by atoms with E-state index in [2.05, 4.69) is 33.9 Å². The van der Waals surface area contributed by atoms with Gasteiger partial charge in [0.2, 0.25) is 0 Å². The monoisotopic (exact) mass is 514 g/mol. The number of alkyl halides is 6. The van der Waals surface area contributed by atoms with Gasteiger partial charge in [0.25, 0.3) is 0 Å². The SMILES string of the molecule is C=C(/C=C\C1C=NC(c2cc(C(F)(F)F)cc(C(F)(F)F)c2)=NCC1)NN1CCCC[C@H](CC)CC1. The first-order valence-electron chi connectivity index (χ1n) is 12.2. The van der Waals surface area contributed by atoms with Crippen molar-refractivity contribution in [2.75, 3.05) is 19.6 Å². The summed E-state index contributed by atoms with van der Waals surface area (Å²) in [6, 6.07) is 1.41. The molecule has 0 radical (unpaired) electrons. The molecule has 1 aromatic rings. The minimum absolute atomic E-state index is 0.100. The summed E-state index contributed by atoms with van der Waals surface area (Å²) in [4.78, 5) is 8.28. The first-order chi connectivity index (χ1) is 17.0. The van der Waals surface area contributed by atoms with Crippen molar-refractivity contribution >= 4 is 12.1 Å². The van der Waals surface area contributed by atoms with Crippen LogP contribution in [0, 0.1) is 11.8 Å². The van der Waals surface area contributed by atoms with Crippen molar-refractivity contribution < 1.29 is 26.3 Å². The first kappa shape index (κ1) is 28.0. The second-order valence-electron chi connectivity index (χ2n) is 9.27. The molecule has 1 N–H and O–H groups in total. The minimum atomic E-state index is -4.92. The minimum Gasteiger partial charge on any atom is -0.319 e. The zero-order chi connectivity index (χ0) is 26.3. The van der Waals surface area contributed by atoms with Gasteiger partial charge >= 0.3 is 12.4 Å². The maximum Gasteiger partial charge on any atom is 0.416 e. The van der Waals surface area contributed by atoms with Crippen molar-refractivity contribution in [3.63, 3.8) is 0 Å². The number of nitrogens with zero attached hydrogens (tertiary/aromatic N) is 3. The molecule has 2 aliphatic heterocycles. The molecule has 2 heterocycles. The van der Waals surface area contributed by atoms with Crippen LogP contribution in [0.2, 0.25) is 0 Å². The van der Waals surface area contributed by atoms with Gasteiger partial charge in [-0.15, -0.1) is 0 Å². The molecule has 36 heavy (non-hydrogen) atoms. The fourth-order valence-corrected chi connectivity index (χ4v) is 4.33. The maximum atomic E-state index is 13.2. The van der Waals surface area contributed by atoms with Gasteiger partial charge in [-0.05, 0) is 49.5 Å². The number of allylic oxidation sites excluding steroid dienone is 2. The summed E-state index contributed by atoms with van der Waals surface area (Å²) in [6.07, 6.45) is 1.76. The van der Waals surface area contributed by atoms with Crippen LogP contribution in [0.4, 0.5) is 26.3 Å². The molecule has 0 amide bonds. The molecule has 0 spiro atoms. The van der Waals surface area contributed by atoms with E-state index in [1.807, 2.05) is 12.2 Å². The van der Waals surface area contributed by atoms with Crippen LogP contribution in [-0.2, 0) is 12.4 Å². The van der Waals surface area contributed by atoms with Crippen LogP contribution in [0.25, 0.3) is 0 Å². The topological polar surface area (TPSA) is 40.0 Å². The van der Waals surface area contributed by atoms with E-state index >= 15 is 0 Å². The summed E-state index contributed by atoms with van der Waals surface area (Å²) < 4.78 is 79.2. The third kappa shape index (κ3) is 8.21. The molecule has 0 bridgehead atoms. The fraction of sp³-hybridized carbons (Fsp3) is 0.538. The number of aliphatic imine (C=N–C) groups is 2. The number of hydrazine groups is 1. The molecular formula is C26H32F6N4. The number of hydrogen-bond acceptors (Lipinski definition) is 4. The van der Waals surface area contributed by atoms with E-state index in [1.165, 1.54) is 25.5 Å². The molecule has 1 unspecified atom stereocenters. The molecule has 1 aromatic carbocycles. The lowest BCUT2D eigenvalue weighted by Gasteiger charge is -2.29. The third-order valence-corrected chi connectivity index (χ3v) is 6.48. The molecule has 0 saturated carbocycles. The zero-order valence-corrected chi connectivity index (χ0v) is 20.3. The number of halogens is 6. The Bertz CT molecular complexity index is 961. The lowest BCUT2D eigenvalue weighted by atomic mass is 9.94. The maximum absolute atomic E-state index is 13.2. The lowest BCUT2D eigenvalue weighted by Crippen LogP contribution is -2.39. The van der Waals surface area contributed by atoms with Crippen molar-refractivity contribution in [3.05, 3.63) is 59.3 Å². The van der Waals surface area contributed by atoms with E-state index in [4.69, 9.17) is 0 Å². The number of rotatable bonds is 6. The van der Waals surface area contributed by atoms with Gasteiger partial charge in [-0.1, -0.05) is 38.8 Å². The van der Waals surface area contributed by atoms with Crippen LogP contribution in [0.15, 0.2) is 52.6 Å². The highest BCUT2D eigenvalue weighted by Gasteiger charge is 2.37. The summed E-state index contributed by atoms with van der Waals surface area (Å²) >= 11 is 0. The lowest BCUT2D eigenvalue weighted by molar-refractivity contribution is -0.143. The molecule has 0 aliphatic carbocycles. The summed E-state index contributed by atoms with van der Waals surface area (Å²) in [5, 5.41) is 2.17. The van der Waals surface area contributed by atoms with Gasteiger partial charge in [-0.2, -0.15) is 26.3 Å². The normalized spacial score (nSPS) is 22.6. The summed E-state index contributed by atoms with van der Waals surface area (Å²) in [5.74, 6) is 0.402. The standard InChI is InChI=1S/C26H32F6N4/c1-3-19-6-4-5-12-36(13-10-19)35-18(2)7-8-20-9-11-33-24(34-17-20)21-14-22(25(27,28)29)16-23(15-21)26(30,31)32/h7-8,14-17,19-20,35H,2-6,9-13H2,1H3/b8-7-/t19-,20?/m0/s1. The van der Waals surface area contributed by atoms with Crippen molar-refractivity contribution in [2.45, 2.75) is 57.8 Å². The molecule has 10 heteroatoms. The zero-order valence-electron chi connectivity index (χ0n) is 20.3. The molecule has 3 rings (SSSR count). The number of amidine groups is 1. The Balaban J connectivity index is 1.66. The van der Waals surface area contributed by atoms with Crippen LogP contribution in [0.5, 0.6) is 0 Å². The molecular weight excluding hydrogens is 482 g/mol. The van der Waals surface area contributed by atoms with Crippen molar-refractivity contribution in [2.24, 2.45) is 21.8 Å². The quantitative estimate of drug-likeness (QED) is 0.327. The van der Waals surface area contributed by atoms with Crippen molar-refractivity contribution in [1.29, 1.82) is 0 Å². The Morgan fingerprint density at radius 2 is 1.72 bits per heavy atom. The van der Waals surface area contributed by atoms with Crippen LogP contribution in [0.3, 0.4) is 0 Å². The van der Waals surface area contributed by atoms with Crippen LogP contribution in [0.1, 0.15) is 62.1 Å². The molecule has 1 saturated heterocycles. The number of benzene rings is 1. The Morgan fingerprint density at radius 1 is 1.03 bits per heavy atom. The fourth-order valence-electron chi connectivity index (χ4n) is 4.33. The molecule has 2 aliphatic rings. The highest BCUT2D eigenvalue weighted by atomic mass is 19.4. The second kappa shape index (κ2) is 12.1. The molecule has 198 valence electrons. The van der Waals surface area contributed by atoms with Gasteiger partial charge in [-0.25, -0.2) is 10.0 Å². The van der Waals surface area contributed by atoms with Gasteiger partial charge in [0.15, 0.2) is 5.84 Å². The Kier molecular flexibility index (Phi) is 9.38. The number of nitrogens with one attached hydrogen (secondary N) is 1. The van der Waals surface area contributed by atoms with Gasteiger partial charge in [0.1, 0.15) is 0 Å². The number of hydrogen-bond donors (Lipinski definition) is 1. The summed E-state index contributed by atoms with van der Waals surface area (Å²) in [5.41, 5.74) is 0.945. The van der Waals surface area contributed by atoms with Gasteiger partial charge in [-0.3, -0.25) is 4.99 Å². The van der Waals surface area contributed by atoms with Gasteiger partial charge in [0, 0.05) is 43.0 Å². The van der Waals surface area contributed by atoms with E-state index in [0.29, 0.717) is 24.3 Å². The van der Waals surface area contributed by atoms with Gasteiger partial charge in [0.05, 0.1) is 11.1 Å². The molecule has 2 atom stereocenters.